The Hall–Kier alpha value is -1.80. The molecule has 0 atom stereocenters. The molecule has 8 heteroatoms. The fourth-order valence-corrected chi connectivity index (χ4v) is 3.07. The van der Waals surface area contributed by atoms with Crippen LogP contribution in [-0.4, -0.2) is 23.3 Å². The minimum absolute atomic E-state index is 0.104. The van der Waals surface area contributed by atoms with Crippen LogP contribution in [0.5, 0.6) is 0 Å². The fraction of sp³-hybridized carbons (Fsp3) is 0.267. The molecule has 0 unspecified atom stereocenters. The molecule has 0 aliphatic rings. The maximum absolute atomic E-state index is 11.9. The first kappa shape index (κ1) is 16.1. The number of oxazole rings is 1. The average Bonchev–Trinajstić information content (AvgIpc) is 2.94. The highest BCUT2D eigenvalue weighted by atomic mass is 79.9. The molecule has 3 aromatic rings. The maximum Gasteiger partial charge on any atom is 0.351 e. The summed E-state index contributed by atoms with van der Waals surface area (Å²) in [4.78, 5) is 27.6. The van der Waals surface area contributed by atoms with E-state index < -0.39 is 5.63 Å². The molecule has 1 aromatic carbocycles. The van der Waals surface area contributed by atoms with Gasteiger partial charge in [-0.1, -0.05) is 11.8 Å². The Kier molecular flexibility index (Phi) is 4.45. The Morgan fingerprint density at radius 2 is 2.17 bits per heavy atom. The molecule has 0 aliphatic carbocycles. The Labute approximate surface area is 143 Å². The van der Waals surface area contributed by atoms with Gasteiger partial charge in [-0.2, -0.15) is 4.98 Å². The molecule has 0 fully saturated rings. The molecular weight excluding hydrogens is 386 g/mol. The van der Waals surface area contributed by atoms with Gasteiger partial charge in [-0.3, -0.25) is 4.79 Å². The van der Waals surface area contributed by atoms with Crippen molar-refractivity contribution >= 4 is 55.7 Å². The summed E-state index contributed by atoms with van der Waals surface area (Å²) in [5.74, 6) is -0.233. The van der Waals surface area contributed by atoms with Crippen molar-refractivity contribution in [2.75, 3.05) is 12.4 Å². The first-order valence-electron chi connectivity index (χ1n) is 6.82. The van der Waals surface area contributed by atoms with Crippen LogP contribution in [0.25, 0.3) is 22.1 Å². The number of ether oxygens (including phenoxy) is 1. The molecule has 0 amide bonds. The standard InChI is InChI=1S/C15H12BrNO5S/c1-3-20-10(18)6-23-15-17-12-9(21-15)5-4-8-7(2)11(16)14(19)22-13(8)12/h4-5H,3,6H2,1-2H3. The van der Waals surface area contributed by atoms with Gasteiger partial charge in [-0.15, -0.1) is 0 Å². The topological polar surface area (TPSA) is 82.5 Å². The van der Waals surface area contributed by atoms with Gasteiger partial charge in [0, 0.05) is 5.39 Å². The third-order valence-corrected chi connectivity index (χ3v) is 4.94. The van der Waals surface area contributed by atoms with E-state index in [-0.39, 0.29) is 11.7 Å². The largest absolute Gasteiger partial charge is 0.465 e. The van der Waals surface area contributed by atoms with Gasteiger partial charge in [0.25, 0.3) is 5.22 Å². The second-order valence-electron chi connectivity index (χ2n) is 4.69. The second kappa shape index (κ2) is 6.37. The molecule has 6 nitrogen and oxygen atoms in total. The lowest BCUT2D eigenvalue weighted by Gasteiger charge is -2.02. The van der Waals surface area contributed by atoms with Crippen molar-refractivity contribution in [3.05, 3.63) is 32.6 Å². The molecule has 0 N–H and O–H groups in total. The van der Waals surface area contributed by atoms with Crippen molar-refractivity contribution in [1.29, 1.82) is 0 Å². The molecule has 0 saturated heterocycles. The highest BCUT2D eigenvalue weighted by molar-refractivity contribution is 9.10. The van der Waals surface area contributed by atoms with Crippen molar-refractivity contribution in [3.8, 4) is 0 Å². The number of carbonyl (C=O) groups excluding carboxylic acids is 1. The smallest absolute Gasteiger partial charge is 0.351 e. The lowest BCUT2D eigenvalue weighted by atomic mass is 10.1. The Balaban J connectivity index is 2.04. The van der Waals surface area contributed by atoms with Crippen LogP contribution in [0.2, 0.25) is 0 Å². The Bertz CT molecular complexity index is 962. The zero-order valence-corrected chi connectivity index (χ0v) is 14.7. The van der Waals surface area contributed by atoms with E-state index in [1.807, 2.05) is 13.0 Å². The first-order chi connectivity index (χ1) is 11.0. The van der Waals surface area contributed by atoms with E-state index in [4.69, 9.17) is 13.6 Å². The first-order valence-corrected chi connectivity index (χ1v) is 8.60. The summed E-state index contributed by atoms with van der Waals surface area (Å²) in [6.07, 6.45) is 0. The third kappa shape index (κ3) is 3.00. The van der Waals surface area contributed by atoms with Crippen LogP contribution in [-0.2, 0) is 9.53 Å². The van der Waals surface area contributed by atoms with E-state index >= 15 is 0 Å². The van der Waals surface area contributed by atoms with E-state index in [0.29, 0.717) is 33.0 Å². The molecule has 0 saturated carbocycles. The molecule has 3 rings (SSSR count). The van der Waals surface area contributed by atoms with Gasteiger partial charge >= 0.3 is 11.6 Å². The number of thioether (sulfide) groups is 1. The number of esters is 1. The van der Waals surface area contributed by atoms with Gasteiger partial charge in [-0.05, 0) is 47.5 Å². The van der Waals surface area contributed by atoms with E-state index in [9.17, 15) is 9.59 Å². The van der Waals surface area contributed by atoms with Crippen LogP contribution in [0.1, 0.15) is 12.5 Å². The predicted molar refractivity (Wildman–Crippen MR) is 89.8 cm³/mol. The quantitative estimate of drug-likeness (QED) is 0.377. The van der Waals surface area contributed by atoms with Crippen molar-refractivity contribution in [1.82, 2.24) is 4.98 Å². The molecule has 2 aromatic heterocycles. The van der Waals surface area contributed by atoms with Gasteiger partial charge in [0.15, 0.2) is 16.7 Å². The number of halogens is 1. The van der Waals surface area contributed by atoms with E-state index in [0.717, 1.165) is 22.7 Å². The fourth-order valence-electron chi connectivity index (χ4n) is 2.14. The SMILES string of the molecule is CCOC(=O)CSc1nc2c(ccc3c(C)c(Br)c(=O)oc32)o1. The summed E-state index contributed by atoms with van der Waals surface area (Å²) in [5.41, 5.74) is 1.64. The number of aromatic nitrogens is 1. The molecule has 0 bridgehead atoms. The minimum Gasteiger partial charge on any atom is -0.465 e. The number of carbonyl (C=O) groups is 1. The van der Waals surface area contributed by atoms with Crippen LogP contribution >= 0.6 is 27.7 Å². The number of nitrogens with zero attached hydrogens (tertiary/aromatic N) is 1. The molecule has 0 radical (unpaired) electrons. The van der Waals surface area contributed by atoms with Gasteiger partial charge in [0.05, 0.1) is 6.61 Å². The number of hydrogen-bond acceptors (Lipinski definition) is 7. The highest BCUT2D eigenvalue weighted by Gasteiger charge is 2.16. The number of rotatable bonds is 4. The van der Waals surface area contributed by atoms with E-state index in [1.54, 1.807) is 13.0 Å². The van der Waals surface area contributed by atoms with E-state index in [1.165, 1.54) is 0 Å². The second-order valence-corrected chi connectivity index (χ2v) is 6.41. The highest BCUT2D eigenvalue weighted by Crippen LogP contribution is 2.31. The van der Waals surface area contributed by atoms with Gasteiger partial charge in [0.2, 0.25) is 0 Å². The summed E-state index contributed by atoms with van der Waals surface area (Å²) < 4.78 is 16.2. The molecule has 2 heterocycles. The summed E-state index contributed by atoms with van der Waals surface area (Å²) in [6, 6.07) is 3.57. The lowest BCUT2D eigenvalue weighted by molar-refractivity contribution is -0.139. The minimum atomic E-state index is -0.466. The normalized spacial score (nSPS) is 11.3. The zero-order valence-electron chi connectivity index (χ0n) is 12.3. The number of hydrogen-bond donors (Lipinski definition) is 0. The maximum atomic E-state index is 11.9. The lowest BCUT2D eigenvalue weighted by Crippen LogP contribution is -2.06. The van der Waals surface area contributed by atoms with Gasteiger partial charge in [-0.25, -0.2) is 4.79 Å². The van der Waals surface area contributed by atoms with Crippen molar-refractivity contribution in [3.63, 3.8) is 0 Å². The number of benzene rings is 1. The van der Waals surface area contributed by atoms with Crippen LogP contribution in [0.4, 0.5) is 0 Å². The van der Waals surface area contributed by atoms with Crippen LogP contribution in [0.15, 0.2) is 35.5 Å². The Morgan fingerprint density at radius 3 is 2.91 bits per heavy atom. The summed E-state index contributed by atoms with van der Waals surface area (Å²) in [7, 11) is 0. The monoisotopic (exact) mass is 397 g/mol. The van der Waals surface area contributed by atoms with Crippen molar-refractivity contribution in [2.24, 2.45) is 0 Å². The zero-order chi connectivity index (χ0) is 16.6. The molecular formula is C15H12BrNO5S. The number of fused-ring (bicyclic) bond motifs is 3. The third-order valence-electron chi connectivity index (χ3n) is 3.22. The van der Waals surface area contributed by atoms with Crippen molar-refractivity contribution in [2.45, 2.75) is 19.1 Å². The van der Waals surface area contributed by atoms with E-state index in [2.05, 4.69) is 20.9 Å². The number of aryl methyl sites for hydroxylation is 1. The summed E-state index contributed by atoms with van der Waals surface area (Å²) in [6.45, 7) is 3.90. The molecule has 23 heavy (non-hydrogen) atoms. The molecule has 0 aliphatic heterocycles. The molecule has 0 spiro atoms. The average molecular weight is 398 g/mol. The van der Waals surface area contributed by atoms with Crippen molar-refractivity contribution < 1.29 is 18.4 Å². The molecule has 120 valence electrons. The van der Waals surface area contributed by atoms with Crippen LogP contribution in [0.3, 0.4) is 0 Å². The van der Waals surface area contributed by atoms with Gasteiger partial charge in [0.1, 0.15) is 10.2 Å². The predicted octanol–water partition coefficient (Wildman–Crippen LogP) is 3.66. The van der Waals surface area contributed by atoms with Crippen LogP contribution < -0.4 is 5.63 Å². The van der Waals surface area contributed by atoms with Gasteiger partial charge < -0.3 is 13.6 Å². The Morgan fingerprint density at radius 1 is 1.39 bits per heavy atom. The summed E-state index contributed by atoms with van der Waals surface area (Å²) in [5, 5.41) is 1.10. The summed E-state index contributed by atoms with van der Waals surface area (Å²) >= 11 is 4.35. The van der Waals surface area contributed by atoms with Crippen LogP contribution in [0, 0.1) is 6.92 Å².